The predicted molar refractivity (Wildman–Crippen MR) is 80.6 cm³/mol. The molecule has 1 amide bonds. The third-order valence-electron chi connectivity index (χ3n) is 4.75. The maximum absolute atomic E-state index is 12.5. The Morgan fingerprint density at radius 3 is 2.40 bits per heavy atom. The SMILES string of the molecule is C[C@H](C(=O)N1CC(N2CCCCC2)C1)c1ccccc1. The van der Waals surface area contributed by atoms with Gasteiger partial charge < -0.3 is 4.90 Å². The summed E-state index contributed by atoms with van der Waals surface area (Å²) in [7, 11) is 0. The van der Waals surface area contributed by atoms with Crippen LogP contribution in [0.15, 0.2) is 30.3 Å². The molecule has 3 rings (SSSR count). The molecule has 0 spiro atoms. The first-order chi connectivity index (χ1) is 9.75. The fourth-order valence-electron chi connectivity index (χ4n) is 3.31. The molecule has 0 N–H and O–H groups in total. The lowest BCUT2D eigenvalue weighted by Gasteiger charge is -2.47. The van der Waals surface area contributed by atoms with Crippen LogP contribution in [0.1, 0.15) is 37.7 Å². The Balaban J connectivity index is 1.53. The highest BCUT2D eigenvalue weighted by molar-refractivity contribution is 5.84. The molecule has 2 saturated heterocycles. The van der Waals surface area contributed by atoms with Gasteiger partial charge in [0.1, 0.15) is 0 Å². The number of nitrogens with zero attached hydrogens (tertiary/aromatic N) is 2. The highest BCUT2D eigenvalue weighted by Gasteiger charge is 2.36. The van der Waals surface area contributed by atoms with E-state index in [4.69, 9.17) is 0 Å². The fourth-order valence-corrected chi connectivity index (χ4v) is 3.31. The normalized spacial score (nSPS) is 22.4. The average molecular weight is 272 g/mol. The molecule has 1 aromatic carbocycles. The summed E-state index contributed by atoms with van der Waals surface area (Å²) in [5.74, 6) is 0.267. The molecule has 20 heavy (non-hydrogen) atoms. The molecule has 3 nitrogen and oxygen atoms in total. The summed E-state index contributed by atoms with van der Waals surface area (Å²) in [4.78, 5) is 17.1. The van der Waals surface area contributed by atoms with Crippen molar-refractivity contribution in [1.82, 2.24) is 9.80 Å². The number of carbonyl (C=O) groups excluding carboxylic acids is 1. The minimum atomic E-state index is -0.0153. The van der Waals surface area contributed by atoms with E-state index in [2.05, 4.69) is 4.90 Å². The molecule has 0 aliphatic carbocycles. The molecule has 0 aromatic heterocycles. The van der Waals surface area contributed by atoms with Gasteiger partial charge >= 0.3 is 0 Å². The minimum absolute atomic E-state index is 0.0153. The molecule has 2 heterocycles. The number of likely N-dealkylation sites (tertiary alicyclic amines) is 2. The van der Waals surface area contributed by atoms with Crippen molar-refractivity contribution in [3.05, 3.63) is 35.9 Å². The van der Waals surface area contributed by atoms with Crippen molar-refractivity contribution < 1.29 is 4.79 Å². The van der Waals surface area contributed by atoms with E-state index in [0.717, 1.165) is 18.7 Å². The zero-order valence-electron chi connectivity index (χ0n) is 12.3. The molecule has 2 aliphatic heterocycles. The maximum Gasteiger partial charge on any atom is 0.229 e. The quantitative estimate of drug-likeness (QED) is 0.844. The molecular weight excluding hydrogens is 248 g/mol. The second kappa shape index (κ2) is 5.96. The maximum atomic E-state index is 12.5. The smallest absolute Gasteiger partial charge is 0.229 e. The van der Waals surface area contributed by atoms with Crippen molar-refractivity contribution in [3.63, 3.8) is 0 Å². The number of hydrogen-bond donors (Lipinski definition) is 0. The van der Waals surface area contributed by atoms with E-state index in [-0.39, 0.29) is 11.8 Å². The van der Waals surface area contributed by atoms with E-state index >= 15 is 0 Å². The van der Waals surface area contributed by atoms with Crippen LogP contribution < -0.4 is 0 Å². The van der Waals surface area contributed by atoms with Crippen LogP contribution in [-0.2, 0) is 4.79 Å². The molecule has 0 unspecified atom stereocenters. The van der Waals surface area contributed by atoms with E-state index in [1.165, 1.54) is 32.4 Å². The van der Waals surface area contributed by atoms with E-state index in [1.54, 1.807) is 0 Å². The molecule has 108 valence electrons. The van der Waals surface area contributed by atoms with Gasteiger partial charge in [0.2, 0.25) is 5.91 Å². The van der Waals surface area contributed by atoms with E-state index < -0.39 is 0 Å². The van der Waals surface area contributed by atoms with Crippen LogP contribution in [0.4, 0.5) is 0 Å². The molecule has 3 heteroatoms. The Kier molecular flexibility index (Phi) is 4.06. The van der Waals surface area contributed by atoms with Gasteiger partial charge in [0.15, 0.2) is 0 Å². The fraction of sp³-hybridized carbons (Fsp3) is 0.588. The molecule has 0 bridgehead atoms. The van der Waals surface area contributed by atoms with Gasteiger partial charge in [0, 0.05) is 19.1 Å². The summed E-state index contributed by atoms with van der Waals surface area (Å²) >= 11 is 0. The summed E-state index contributed by atoms with van der Waals surface area (Å²) in [5.41, 5.74) is 1.12. The van der Waals surface area contributed by atoms with Crippen molar-refractivity contribution >= 4 is 5.91 Å². The number of hydrogen-bond acceptors (Lipinski definition) is 2. The molecule has 0 saturated carbocycles. The molecule has 2 aliphatic rings. The van der Waals surface area contributed by atoms with Gasteiger partial charge in [-0.25, -0.2) is 0 Å². The number of amides is 1. The van der Waals surface area contributed by atoms with Gasteiger partial charge in [0.05, 0.1) is 5.92 Å². The van der Waals surface area contributed by atoms with Crippen molar-refractivity contribution in [2.75, 3.05) is 26.2 Å². The Labute approximate surface area is 121 Å². The topological polar surface area (TPSA) is 23.6 Å². The lowest BCUT2D eigenvalue weighted by molar-refractivity contribution is -0.140. The lowest BCUT2D eigenvalue weighted by Crippen LogP contribution is -2.62. The number of piperidine rings is 1. The van der Waals surface area contributed by atoms with Crippen molar-refractivity contribution in [1.29, 1.82) is 0 Å². The first kappa shape index (κ1) is 13.6. The summed E-state index contributed by atoms with van der Waals surface area (Å²) in [5, 5.41) is 0. The van der Waals surface area contributed by atoms with Crippen LogP contribution in [0.5, 0.6) is 0 Å². The standard InChI is InChI=1S/C17H24N2O/c1-14(15-8-4-2-5-9-15)17(20)19-12-16(13-19)18-10-6-3-7-11-18/h2,4-5,8-9,14,16H,3,6-7,10-13H2,1H3/t14-/m0/s1. The van der Waals surface area contributed by atoms with E-state index in [9.17, 15) is 4.79 Å². The number of benzene rings is 1. The van der Waals surface area contributed by atoms with E-state index in [1.807, 2.05) is 42.2 Å². The summed E-state index contributed by atoms with van der Waals surface area (Å²) < 4.78 is 0. The monoisotopic (exact) mass is 272 g/mol. The Bertz CT molecular complexity index is 447. The predicted octanol–water partition coefficient (Wildman–Crippen LogP) is 2.49. The average Bonchev–Trinajstić information content (AvgIpc) is 2.47. The van der Waals surface area contributed by atoms with Gasteiger partial charge in [-0.05, 0) is 38.4 Å². The Morgan fingerprint density at radius 1 is 1.10 bits per heavy atom. The van der Waals surface area contributed by atoms with Crippen LogP contribution in [0, 0.1) is 0 Å². The largest absolute Gasteiger partial charge is 0.339 e. The second-order valence-corrected chi connectivity index (χ2v) is 6.13. The van der Waals surface area contributed by atoms with E-state index in [0.29, 0.717) is 6.04 Å². The molecule has 1 aromatic rings. The molecule has 2 fully saturated rings. The van der Waals surface area contributed by atoms with Crippen LogP contribution in [0.2, 0.25) is 0 Å². The van der Waals surface area contributed by atoms with Gasteiger partial charge in [-0.2, -0.15) is 0 Å². The Morgan fingerprint density at radius 2 is 1.75 bits per heavy atom. The van der Waals surface area contributed by atoms with Crippen molar-refractivity contribution in [3.8, 4) is 0 Å². The zero-order chi connectivity index (χ0) is 13.9. The van der Waals surface area contributed by atoms with Crippen LogP contribution >= 0.6 is 0 Å². The van der Waals surface area contributed by atoms with Gasteiger partial charge in [-0.3, -0.25) is 9.69 Å². The van der Waals surface area contributed by atoms with Gasteiger partial charge in [0.25, 0.3) is 0 Å². The highest BCUT2D eigenvalue weighted by Crippen LogP contribution is 2.24. The van der Waals surface area contributed by atoms with Crippen LogP contribution in [-0.4, -0.2) is 47.9 Å². The van der Waals surface area contributed by atoms with Gasteiger partial charge in [-0.15, -0.1) is 0 Å². The van der Waals surface area contributed by atoms with Crippen LogP contribution in [0.25, 0.3) is 0 Å². The minimum Gasteiger partial charge on any atom is -0.339 e. The molecular formula is C17H24N2O. The Hall–Kier alpha value is -1.35. The molecule has 1 atom stereocenters. The van der Waals surface area contributed by atoms with Crippen molar-refractivity contribution in [2.24, 2.45) is 0 Å². The number of rotatable bonds is 3. The summed E-state index contributed by atoms with van der Waals surface area (Å²) in [6.45, 7) is 6.32. The molecule has 0 radical (unpaired) electrons. The number of carbonyl (C=O) groups is 1. The second-order valence-electron chi connectivity index (χ2n) is 6.13. The first-order valence-corrected chi connectivity index (χ1v) is 7.83. The van der Waals surface area contributed by atoms with Crippen LogP contribution in [0.3, 0.4) is 0 Å². The zero-order valence-corrected chi connectivity index (χ0v) is 12.3. The van der Waals surface area contributed by atoms with Gasteiger partial charge in [-0.1, -0.05) is 36.8 Å². The summed E-state index contributed by atoms with van der Waals surface area (Å²) in [6, 6.07) is 10.7. The lowest BCUT2D eigenvalue weighted by atomic mass is 9.96. The summed E-state index contributed by atoms with van der Waals surface area (Å²) in [6.07, 6.45) is 4.02. The third kappa shape index (κ3) is 2.73. The first-order valence-electron chi connectivity index (χ1n) is 7.83. The van der Waals surface area contributed by atoms with Crippen molar-refractivity contribution in [2.45, 2.75) is 38.1 Å². The highest BCUT2D eigenvalue weighted by atomic mass is 16.2. The third-order valence-corrected chi connectivity index (χ3v) is 4.75.